The van der Waals surface area contributed by atoms with Crippen molar-refractivity contribution >= 4 is 17.3 Å². The Labute approximate surface area is 184 Å². The summed E-state index contributed by atoms with van der Waals surface area (Å²) in [6, 6.07) is 12.8. The molecule has 31 heavy (non-hydrogen) atoms. The Morgan fingerprint density at radius 1 is 1.16 bits per heavy atom. The normalized spacial score (nSPS) is 14.5. The van der Waals surface area contributed by atoms with Crippen molar-refractivity contribution in [1.29, 1.82) is 5.26 Å². The second-order valence-corrected chi connectivity index (χ2v) is 7.76. The minimum absolute atomic E-state index is 0.293. The first-order valence-electron chi connectivity index (χ1n) is 11.0. The summed E-state index contributed by atoms with van der Waals surface area (Å²) in [5.74, 6) is 0.370. The van der Waals surface area contributed by atoms with Crippen molar-refractivity contribution in [2.45, 2.75) is 58.5 Å². The first kappa shape index (κ1) is 22.5. The third-order valence-electron chi connectivity index (χ3n) is 5.61. The van der Waals surface area contributed by atoms with E-state index >= 15 is 0 Å². The number of ether oxygens (including phenoxy) is 2. The summed E-state index contributed by atoms with van der Waals surface area (Å²) in [7, 11) is 0. The Balaban J connectivity index is 1.99. The molecule has 0 heterocycles. The van der Waals surface area contributed by atoms with Crippen molar-refractivity contribution in [1.82, 2.24) is 0 Å². The topological polar surface area (TPSA) is 83.4 Å². The Bertz CT molecular complexity index is 928. The zero-order valence-electron chi connectivity index (χ0n) is 18.5. The van der Waals surface area contributed by atoms with Crippen LogP contribution in [0.3, 0.4) is 0 Å². The molecule has 6 nitrogen and oxygen atoms in total. The number of benzene rings is 2. The summed E-state index contributed by atoms with van der Waals surface area (Å²) in [6.45, 7) is 6.60. The van der Waals surface area contributed by atoms with Gasteiger partial charge in [0.1, 0.15) is 5.75 Å². The predicted molar refractivity (Wildman–Crippen MR) is 122 cm³/mol. The molecule has 0 amide bonds. The monoisotopic (exact) mass is 421 g/mol. The third-order valence-corrected chi connectivity index (χ3v) is 5.61. The van der Waals surface area contributed by atoms with E-state index in [4.69, 9.17) is 14.7 Å². The molecule has 1 unspecified atom stereocenters. The van der Waals surface area contributed by atoms with Crippen molar-refractivity contribution in [3.8, 4) is 11.8 Å². The second-order valence-electron chi connectivity index (χ2n) is 7.76. The van der Waals surface area contributed by atoms with Gasteiger partial charge in [-0.1, -0.05) is 12.8 Å². The second kappa shape index (κ2) is 10.7. The molecule has 0 aliphatic heterocycles. The molecule has 1 aliphatic rings. The average molecular weight is 422 g/mol. The van der Waals surface area contributed by atoms with Gasteiger partial charge in [0.2, 0.25) is 0 Å². The smallest absolute Gasteiger partial charge is 0.333 e. The third kappa shape index (κ3) is 5.69. The van der Waals surface area contributed by atoms with E-state index in [0.717, 1.165) is 41.1 Å². The van der Waals surface area contributed by atoms with Gasteiger partial charge in [0, 0.05) is 23.5 Å². The van der Waals surface area contributed by atoms with Crippen LogP contribution in [0, 0.1) is 18.3 Å². The standard InChI is InChI=1S/C25H31N3O3/c1-4-30-21-14-22(17(3)23(15-21)27-19-8-6-7-9-19)24(25(29)31-5-2)28-20-12-10-18(16-26)11-13-20/h10-15,19,24,27-28H,4-9H2,1-3H3. The molecule has 6 heteroatoms. The molecule has 3 rings (SSSR count). The fraction of sp³-hybridized carbons (Fsp3) is 0.440. The van der Waals surface area contributed by atoms with Crippen LogP contribution in [0.2, 0.25) is 0 Å². The molecule has 0 radical (unpaired) electrons. The molecule has 2 aromatic carbocycles. The van der Waals surface area contributed by atoms with E-state index < -0.39 is 6.04 Å². The lowest BCUT2D eigenvalue weighted by molar-refractivity contribution is -0.144. The van der Waals surface area contributed by atoms with Gasteiger partial charge in [0.05, 0.1) is 24.8 Å². The number of hydrogen-bond acceptors (Lipinski definition) is 6. The van der Waals surface area contributed by atoms with Crippen LogP contribution in [-0.4, -0.2) is 25.2 Å². The van der Waals surface area contributed by atoms with Gasteiger partial charge in [-0.15, -0.1) is 0 Å². The van der Waals surface area contributed by atoms with Gasteiger partial charge < -0.3 is 20.1 Å². The first-order chi connectivity index (χ1) is 15.0. The van der Waals surface area contributed by atoms with Crippen molar-refractivity contribution in [2.75, 3.05) is 23.8 Å². The fourth-order valence-corrected chi connectivity index (χ4v) is 4.00. The van der Waals surface area contributed by atoms with Gasteiger partial charge in [0.25, 0.3) is 0 Å². The predicted octanol–water partition coefficient (Wildman–Crippen LogP) is 5.34. The molecule has 0 aromatic heterocycles. The quantitative estimate of drug-likeness (QED) is 0.532. The number of nitriles is 1. The minimum atomic E-state index is -0.697. The highest BCUT2D eigenvalue weighted by Crippen LogP contribution is 2.34. The molecule has 1 atom stereocenters. The van der Waals surface area contributed by atoms with Crippen LogP contribution in [0.4, 0.5) is 11.4 Å². The van der Waals surface area contributed by atoms with Crippen molar-refractivity contribution in [3.05, 3.63) is 53.1 Å². The van der Waals surface area contributed by atoms with Crippen LogP contribution in [0.25, 0.3) is 0 Å². The molecule has 1 saturated carbocycles. The maximum Gasteiger partial charge on any atom is 0.333 e. The van der Waals surface area contributed by atoms with E-state index in [2.05, 4.69) is 16.7 Å². The average Bonchev–Trinajstić information content (AvgIpc) is 3.28. The Kier molecular flexibility index (Phi) is 7.77. The minimum Gasteiger partial charge on any atom is -0.494 e. The molecular weight excluding hydrogens is 390 g/mol. The van der Waals surface area contributed by atoms with Crippen molar-refractivity contribution < 1.29 is 14.3 Å². The number of anilines is 2. The lowest BCUT2D eigenvalue weighted by Crippen LogP contribution is -2.25. The van der Waals surface area contributed by atoms with Crippen LogP contribution in [0.1, 0.15) is 62.3 Å². The molecular formula is C25H31N3O3. The molecule has 2 N–H and O–H groups in total. The number of nitrogens with zero attached hydrogens (tertiary/aromatic N) is 1. The summed E-state index contributed by atoms with van der Waals surface area (Å²) in [5.41, 5.74) is 4.10. The number of rotatable bonds is 9. The van der Waals surface area contributed by atoms with Crippen LogP contribution < -0.4 is 15.4 Å². The number of nitrogens with one attached hydrogen (secondary N) is 2. The number of hydrogen-bond donors (Lipinski definition) is 2. The molecule has 164 valence electrons. The lowest BCUT2D eigenvalue weighted by atomic mass is 9.98. The number of carbonyl (C=O) groups excluding carboxylic acids is 1. The van der Waals surface area contributed by atoms with Crippen LogP contribution >= 0.6 is 0 Å². The summed E-state index contributed by atoms with van der Waals surface area (Å²) in [4.78, 5) is 13.0. The summed E-state index contributed by atoms with van der Waals surface area (Å²) in [6.07, 6.45) is 4.78. The zero-order chi connectivity index (χ0) is 22.2. The Morgan fingerprint density at radius 3 is 2.48 bits per heavy atom. The highest BCUT2D eigenvalue weighted by Gasteiger charge is 2.27. The molecule has 2 aromatic rings. The van der Waals surface area contributed by atoms with E-state index in [9.17, 15) is 4.79 Å². The summed E-state index contributed by atoms with van der Waals surface area (Å²) < 4.78 is 11.2. The zero-order valence-corrected chi connectivity index (χ0v) is 18.5. The van der Waals surface area contributed by atoms with Crippen LogP contribution in [-0.2, 0) is 9.53 Å². The van der Waals surface area contributed by atoms with E-state index in [1.807, 2.05) is 26.0 Å². The van der Waals surface area contributed by atoms with E-state index in [-0.39, 0.29) is 5.97 Å². The maximum absolute atomic E-state index is 13.0. The van der Waals surface area contributed by atoms with Gasteiger partial charge in [-0.2, -0.15) is 5.26 Å². The lowest BCUT2D eigenvalue weighted by Gasteiger charge is -2.24. The van der Waals surface area contributed by atoms with Gasteiger partial charge in [-0.25, -0.2) is 4.79 Å². The highest BCUT2D eigenvalue weighted by atomic mass is 16.5. The van der Waals surface area contributed by atoms with Crippen LogP contribution in [0.5, 0.6) is 5.75 Å². The fourth-order valence-electron chi connectivity index (χ4n) is 4.00. The number of carbonyl (C=O) groups is 1. The number of esters is 1. The van der Waals surface area contributed by atoms with E-state index in [1.54, 1.807) is 31.2 Å². The molecule has 0 bridgehead atoms. The van der Waals surface area contributed by atoms with E-state index in [1.165, 1.54) is 12.8 Å². The highest BCUT2D eigenvalue weighted by molar-refractivity contribution is 5.83. The van der Waals surface area contributed by atoms with Crippen LogP contribution in [0.15, 0.2) is 36.4 Å². The van der Waals surface area contributed by atoms with Gasteiger partial charge in [0.15, 0.2) is 6.04 Å². The molecule has 0 spiro atoms. The Hall–Kier alpha value is -3.20. The molecule has 1 fully saturated rings. The summed E-state index contributed by atoms with van der Waals surface area (Å²) in [5, 5.41) is 16.0. The maximum atomic E-state index is 13.0. The molecule has 0 saturated heterocycles. The summed E-state index contributed by atoms with van der Waals surface area (Å²) >= 11 is 0. The van der Waals surface area contributed by atoms with Gasteiger partial charge in [-0.3, -0.25) is 0 Å². The first-order valence-corrected chi connectivity index (χ1v) is 11.0. The van der Waals surface area contributed by atoms with Gasteiger partial charge >= 0.3 is 5.97 Å². The SMILES string of the molecule is CCOC(=O)C(Nc1ccc(C#N)cc1)c1cc(OCC)cc(NC2CCCC2)c1C. The van der Waals surface area contributed by atoms with Crippen molar-refractivity contribution in [3.63, 3.8) is 0 Å². The van der Waals surface area contributed by atoms with Crippen molar-refractivity contribution in [2.24, 2.45) is 0 Å². The van der Waals surface area contributed by atoms with E-state index in [0.29, 0.717) is 24.8 Å². The Morgan fingerprint density at radius 2 is 1.87 bits per heavy atom. The largest absolute Gasteiger partial charge is 0.494 e. The molecule has 1 aliphatic carbocycles. The van der Waals surface area contributed by atoms with Gasteiger partial charge in [-0.05, 0) is 75.1 Å².